The van der Waals surface area contributed by atoms with E-state index in [9.17, 15) is 5.26 Å². The van der Waals surface area contributed by atoms with Gasteiger partial charge < -0.3 is 14.2 Å². The Morgan fingerprint density at radius 3 is 2.27 bits per heavy atom. The van der Waals surface area contributed by atoms with Crippen molar-refractivity contribution in [2.45, 2.75) is 12.3 Å². The van der Waals surface area contributed by atoms with Gasteiger partial charge in [-0.15, -0.1) is 0 Å². The van der Waals surface area contributed by atoms with Crippen LogP contribution >= 0.6 is 0 Å². The van der Waals surface area contributed by atoms with Crippen molar-refractivity contribution in [2.24, 2.45) is 0 Å². The number of benzene rings is 2. The van der Waals surface area contributed by atoms with Crippen LogP contribution in [-0.4, -0.2) is 20.8 Å². The van der Waals surface area contributed by atoms with Crippen LogP contribution in [0.15, 0.2) is 48.5 Å². The zero-order chi connectivity index (χ0) is 15.8. The second kappa shape index (κ2) is 7.94. The Morgan fingerprint density at radius 2 is 1.64 bits per heavy atom. The molecule has 0 N–H and O–H groups in total. The molecular formula is C18H19NO3. The van der Waals surface area contributed by atoms with Gasteiger partial charge in [0.2, 0.25) is 0 Å². The maximum atomic E-state index is 9.39. The fraction of sp³-hybridized carbons (Fsp3) is 0.278. The van der Waals surface area contributed by atoms with E-state index in [-0.39, 0.29) is 5.92 Å². The number of para-hydroxylation sites is 1. The number of rotatable bonds is 7. The van der Waals surface area contributed by atoms with Crippen LogP contribution in [0.4, 0.5) is 0 Å². The van der Waals surface area contributed by atoms with Gasteiger partial charge in [-0.2, -0.15) is 5.26 Å². The Labute approximate surface area is 130 Å². The summed E-state index contributed by atoms with van der Waals surface area (Å²) in [4.78, 5) is 0. The first-order valence-electron chi connectivity index (χ1n) is 7.08. The summed E-state index contributed by atoms with van der Waals surface area (Å²) in [5, 5.41) is 9.39. The summed E-state index contributed by atoms with van der Waals surface area (Å²) in [6.45, 7) is 0.461. The quantitative estimate of drug-likeness (QED) is 0.780. The highest BCUT2D eigenvalue weighted by Crippen LogP contribution is 2.28. The molecule has 0 aliphatic heterocycles. The fourth-order valence-corrected chi connectivity index (χ4v) is 2.21. The van der Waals surface area contributed by atoms with Crippen LogP contribution in [0.25, 0.3) is 0 Å². The fourth-order valence-electron chi connectivity index (χ4n) is 2.21. The highest BCUT2D eigenvalue weighted by atomic mass is 16.5. The second-order valence-corrected chi connectivity index (χ2v) is 4.74. The average Bonchev–Trinajstić information content (AvgIpc) is 2.59. The van der Waals surface area contributed by atoms with E-state index in [0.717, 1.165) is 22.8 Å². The third-order valence-electron chi connectivity index (χ3n) is 3.40. The lowest BCUT2D eigenvalue weighted by Gasteiger charge is -2.14. The topological polar surface area (TPSA) is 51.5 Å². The molecule has 0 saturated carbocycles. The Balaban J connectivity index is 1.95. The maximum Gasteiger partial charge on any atom is 0.123 e. The molecule has 2 aromatic rings. The first kappa shape index (κ1) is 15.7. The minimum absolute atomic E-state index is 0.255. The number of hydrogen-bond donors (Lipinski definition) is 0. The largest absolute Gasteiger partial charge is 0.497 e. The lowest BCUT2D eigenvalue weighted by Crippen LogP contribution is -2.06. The number of hydrogen-bond acceptors (Lipinski definition) is 4. The molecule has 2 rings (SSSR count). The van der Waals surface area contributed by atoms with Gasteiger partial charge in [0, 0.05) is 12.0 Å². The van der Waals surface area contributed by atoms with Crippen molar-refractivity contribution in [1.82, 2.24) is 0 Å². The molecule has 0 spiro atoms. The first-order valence-corrected chi connectivity index (χ1v) is 7.08. The van der Waals surface area contributed by atoms with E-state index < -0.39 is 0 Å². The van der Waals surface area contributed by atoms with Gasteiger partial charge in [-0.25, -0.2) is 0 Å². The molecule has 0 amide bonds. The molecule has 4 nitrogen and oxygen atoms in total. The normalized spacial score (nSPS) is 11.3. The summed E-state index contributed by atoms with van der Waals surface area (Å²) in [5.74, 6) is 2.03. The lowest BCUT2D eigenvalue weighted by molar-refractivity contribution is 0.304. The summed E-state index contributed by atoms with van der Waals surface area (Å²) in [5.41, 5.74) is 0.894. The van der Waals surface area contributed by atoms with E-state index in [4.69, 9.17) is 14.2 Å². The van der Waals surface area contributed by atoms with E-state index in [2.05, 4.69) is 6.07 Å². The highest BCUT2D eigenvalue weighted by molar-refractivity contribution is 5.39. The molecule has 0 bridgehead atoms. The summed E-state index contributed by atoms with van der Waals surface area (Å²) in [6.07, 6.45) is 0.600. The van der Waals surface area contributed by atoms with Crippen molar-refractivity contribution in [3.63, 3.8) is 0 Å². The molecule has 0 aromatic heterocycles. The predicted octanol–water partition coefficient (Wildman–Crippen LogP) is 3.78. The van der Waals surface area contributed by atoms with Crippen LogP contribution in [0.5, 0.6) is 17.2 Å². The van der Waals surface area contributed by atoms with E-state index >= 15 is 0 Å². The van der Waals surface area contributed by atoms with E-state index in [1.165, 1.54) is 0 Å². The van der Waals surface area contributed by atoms with Gasteiger partial charge in [0.15, 0.2) is 0 Å². The Bertz CT molecular complexity index is 632. The predicted molar refractivity (Wildman–Crippen MR) is 84.5 cm³/mol. The van der Waals surface area contributed by atoms with Crippen LogP contribution in [0.1, 0.15) is 17.9 Å². The van der Waals surface area contributed by atoms with E-state index in [0.29, 0.717) is 13.0 Å². The Hall–Kier alpha value is -2.67. The minimum atomic E-state index is -0.255. The van der Waals surface area contributed by atoms with Gasteiger partial charge in [-0.3, -0.25) is 0 Å². The molecule has 0 aliphatic carbocycles. The summed E-state index contributed by atoms with van der Waals surface area (Å²) >= 11 is 0. The zero-order valence-corrected chi connectivity index (χ0v) is 12.8. The molecule has 0 heterocycles. The Kier molecular flexibility index (Phi) is 5.67. The number of nitrogens with zero attached hydrogens (tertiary/aromatic N) is 1. The Morgan fingerprint density at radius 1 is 0.955 bits per heavy atom. The smallest absolute Gasteiger partial charge is 0.123 e. The molecule has 0 aliphatic rings. The molecular weight excluding hydrogens is 278 g/mol. The molecule has 22 heavy (non-hydrogen) atoms. The second-order valence-electron chi connectivity index (χ2n) is 4.74. The third-order valence-corrected chi connectivity index (χ3v) is 3.40. The third kappa shape index (κ3) is 3.92. The molecule has 114 valence electrons. The molecule has 4 heteroatoms. The van der Waals surface area contributed by atoms with E-state index in [1.54, 1.807) is 14.2 Å². The SMILES string of the molecule is COc1ccc(OCCC(C#N)c2ccccc2OC)cc1. The van der Waals surface area contributed by atoms with Crippen molar-refractivity contribution >= 4 is 0 Å². The van der Waals surface area contributed by atoms with Crippen molar-refractivity contribution < 1.29 is 14.2 Å². The van der Waals surface area contributed by atoms with Gasteiger partial charge in [-0.1, -0.05) is 18.2 Å². The monoisotopic (exact) mass is 297 g/mol. The van der Waals surface area contributed by atoms with Gasteiger partial charge in [0.1, 0.15) is 17.2 Å². The molecule has 0 radical (unpaired) electrons. The van der Waals surface area contributed by atoms with Gasteiger partial charge >= 0.3 is 0 Å². The van der Waals surface area contributed by atoms with Crippen LogP contribution in [0.2, 0.25) is 0 Å². The number of ether oxygens (including phenoxy) is 3. The molecule has 1 atom stereocenters. The van der Waals surface area contributed by atoms with Crippen LogP contribution < -0.4 is 14.2 Å². The highest BCUT2D eigenvalue weighted by Gasteiger charge is 2.15. The average molecular weight is 297 g/mol. The zero-order valence-electron chi connectivity index (χ0n) is 12.8. The molecule has 0 saturated heterocycles. The summed E-state index contributed by atoms with van der Waals surface area (Å²) < 4.78 is 16.1. The van der Waals surface area contributed by atoms with Crippen LogP contribution in [0, 0.1) is 11.3 Å². The maximum absolute atomic E-state index is 9.39. The van der Waals surface area contributed by atoms with Gasteiger partial charge in [0.25, 0.3) is 0 Å². The van der Waals surface area contributed by atoms with Crippen molar-refractivity contribution in [1.29, 1.82) is 5.26 Å². The molecule has 0 fully saturated rings. The molecule has 2 aromatic carbocycles. The number of nitriles is 1. The van der Waals surface area contributed by atoms with Gasteiger partial charge in [0.05, 0.1) is 32.8 Å². The molecule has 1 unspecified atom stereocenters. The summed E-state index contributed by atoms with van der Waals surface area (Å²) in [6, 6.07) is 17.3. The van der Waals surface area contributed by atoms with Crippen LogP contribution in [-0.2, 0) is 0 Å². The first-order chi connectivity index (χ1) is 10.8. The minimum Gasteiger partial charge on any atom is -0.497 e. The summed E-state index contributed by atoms with van der Waals surface area (Å²) in [7, 11) is 3.24. The van der Waals surface area contributed by atoms with Crippen molar-refractivity contribution in [2.75, 3.05) is 20.8 Å². The lowest BCUT2D eigenvalue weighted by atomic mass is 9.97. The standard InChI is InChI=1S/C18H19NO3/c1-20-15-7-9-16(10-8-15)22-12-11-14(13-19)17-5-3-4-6-18(17)21-2/h3-10,14H,11-12H2,1-2H3. The number of methoxy groups -OCH3 is 2. The van der Waals surface area contributed by atoms with E-state index in [1.807, 2.05) is 48.5 Å². The van der Waals surface area contributed by atoms with Crippen LogP contribution in [0.3, 0.4) is 0 Å². The van der Waals surface area contributed by atoms with Crippen molar-refractivity contribution in [3.05, 3.63) is 54.1 Å². The van der Waals surface area contributed by atoms with Crippen molar-refractivity contribution in [3.8, 4) is 23.3 Å². The van der Waals surface area contributed by atoms with Gasteiger partial charge in [-0.05, 0) is 30.3 Å².